The van der Waals surface area contributed by atoms with Crippen LogP contribution >= 0.6 is 11.6 Å². The zero-order chi connectivity index (χ0) is 13.2. The third-order valence-corrected chi connectivity index (χ3v) is 3.65. The van der Waals surface area contributed by atoms with Gasteiger partial charge in [-0.15, -0.1) is 0 Å². The molecule has 1 aliphatic heterocycles. The first-order valence-corrected chi connectivity index (χ1v) is 6.41. The normalized spacial score (nSPS) is 23.8. The van der Waals surface area contributed by atoms with Crippen molar-refractivity contribution in [3.8, 4) is 6.07 Å². The molecule has 1 atom stereocenters. The molecule has 0 aromatic carbocycles. The molecule has 2 rings (SSSR count). The van der Waals surface area contributed by atoms with E-state index in [1.807, 2.05) is 12.1 Å². The summed E-state index contributed by atoms with van der Waals surface area (Å²) in [7, 11) is 0. The van der Waals surface area contributed by atoms with Crippen LogP contribution in [0, 0.1) is 11.3 Å². The van der Waals surface area contributed by atoms with Crippen molar-refractivity contribution in [3.05, 3.63) is 22.8 Å². The van der Waals surface area contributed by atoms with Crippen molar-refractivity contribution in [1.29, 1.82) is 5.26 Å². The molecule has 1 unspecified atom stereocenters. The molecule has 0 spiro atoms. The van der Waals surface area contributed by atoms with Gasteiger partial charge in [-0.05, 0) is 25.5 Å². The largest absolute Gasteiger partial charge is 0.372 e. The van der Waals surface area contributed by atoms with Gasteiger partial charge in [0.1, 0.15) is 11.9 Å². The van der Waals surface area contributed by atoms with Gasteiger partial charge in [-0.1, -0.05) is 18.5 Å². The van der Waals surface area contributed by atoms with Gasteiger partial charge in [0.25, 0.3) is 0 Å². The predicted octanol–water partition coefficient (Wildman–Crippen LogP) is 2.61. The fourth-order valence-electron chi connectivity index (χ4n) is 2.03. The molecule has 4 nitrogen and oxygen atoms in total. The minimum atomic E-state index is -0.146. The molecule has 18 heavy (non-hydrogen) atoms. The number of morpholine rings is 1. The van der Waals surface area contributed by atoms with Crippen molar-refractivity contribution in [1.82, 2.24) is 4.98 Å². The molecular weight excluding hydrogens is 250 g/mol. The van der Waals surface area contributed by atoms with Gasteiger partial charge in [-0.25, -0.2) is 4.98 Å². The van der Waals surface area contributed by atoms with Crippen molar-refractivity contribution >= 4 is 17.4 Å². The van der Waals surface area contributed by atoms with Gasteiger partial charge < -0.3 is 9.64 Å². The summed E-state index contributed by atoms with van der Waals surface area (Å²) in [6.07, 6.45) is 0.947. The number of pyridine rings is 1. The van der Waals surface area contributed by atoms with E-state index >= 15 is 0 Å². The molecule has 1 saturated heterocycles. The summed E-state index contributed by atoms with van der Waals surface area (Å²) < 4.78 is 5.79. The van der Waals surface area contributed by atoms with Gasteiger partial charge >= 0.3 is 0 Å². The highest BCUT2D eigenvalue weighted by Crippen LogP contribution is 2.26. The van der Waals surface area contributed by atoms with E-state index in [0.29, 0.717) is 11.6 Å². The Morgan fingerprint density at radius 3 is 3.06 bits per heavy atom. The number of anilines is 1. The average molecular weight is 266 g/mol. The molecule has 1 aromatic heterocycles. The van der Waals surface area contributed by atoms with Gasteiger partial charge in [-0.2, -0.15) is 5.26 Å². The molecule has 0 N–H and O–H groups in total. The Morgan fingerprint density at radius 2 is 2.39 bits per heavy atom. The fraction of sp³-hybridized carbons (Fsp3) is 0.538. The van der Waals surface area contributed by atoms with E-state index in [2.05, 4.69) is 23.7 Å². The van der Waals surface area contributed by atoms with Crippen molar-refractivity contribution in [2.24, 2.45) is 0 Å². The molecule has 0 aliphatic carbocycles. The van der Waals surface area contributed by atoms with Crippen molar-refractivity contribution < 1.29 is 4.74 Å². The topological polar surface area (TPSA) is 49.2 Å². The molecule has 1 aliphatic rings. The fourth-order valence-corrected chi connectivity index (χ4v) is 2.17. The summed E-state index contributed by atoms with van der Waals surface area (Å²) in [5, 5.41) is 9.35. The van der Waals surface area contributed by atoms with E-state index in [9.17, 15) is 0 Å². The summed E-state index contributed by atoms with van der Waals surface area (Å²) in [6, 6.07) is 5.58. The SMILES string of the molecule is CCC1(C)CN(c2ccc(Cl)c(C#N)n2)CCO1. The zero-order valence-corrected chi connectivity index (χ0v) is 11.4. The maximum atomic E-state index is 8.95. The first kappa shape index (κ1) is 13.1. The van der Waals surface area contributed by atoms with Crippen LogP contribution in [-0.2, 0) is 4.74 Å². The van der Waals surface area contributed by atoms with Crippen LogP contribution in [0.5, 0.6) is 0 Å². The third-order valence-electron chi connectivity index (χ3n) is 3.35. The molecule has 0 saturated carbocycles. The Morgan fingerprint density at radius 1 is 1.61 bits per heavy atom. The van der Waals surface area contributed by atoms with Crippen LogP contribution in [0.4, 0.5) is 5.82 Å². The van der Waals surface area contributed by atoms with E-state index in [0.717, 1.165) is 25.3 Å². The standard InChI is InChI=1S/C13H16ClN3O/c1-3-13(2)9-17(6-7-18-13)12-5-4-10(14)11(8-15)16-12/h4-5H,3,6-7,9H2,1-2H3. The highest BCUT2D eigenvalue weighted by molar-refractivity contribution is 6.31. The Balaban J connectivity index is 2.24. The van der Waals surface area contributed by atoms with Crippen LogP contribution in [0.2, 0.25) is 5.02 Å². The number of aromatic nitrogens is 1. The van der Waals surface area contributed by atoms with Crippen LogP contribution < -0.4 is 4.90 Å². The number of hydrogen-bond acceptors (Lipinski definition) is 4. The molecule has 5 heteroatoms. The molecule has 2 heterocycles. The number of nitrogens with zero attached hydrogens (tertiary/aromatic N) is 3. The maximum Gasteiger partial charge on any atom is 0.161 e. The lowest BCUT2D eigenvalue weighted by Crippen LogP contribution is -2.50. The first-order valence-electron chi connectivity index (χ1n) is 6.03. The summed E-state index contributed by atoms with van der Waals surface area (Å²) in [6.45, 7) is 6.45. The molecule has 0 amide bonds. The second-order valence-corrected chi connectivity index (χ2v) is 5.09. The van der Waals surface area contributed by atoms with E-state index in [1.54, 1.807) is 6.07 Å². The van der Waals surface area contributed by atoms with Gasteiger partial charge in [0.05, 0.1) is 17.2 Å². The number of rotatable bonds is 2. The van der Waals surface area contributed by atoms with E-state index in [-0.39, 0.29) is 11.3 Å². The van der Waals surface area contributed by atoms with Crippen LogP contribution in [0.15, 0.2) is 12.1 Å². The summed E-state index contributed by atoms with van der Waals surface area (Å²) in [5.41, 5.74) is 0.130. The quantitative estimate of drug-likeness (QED) is 0.825. The van der Waals surface area contributed by atoms with E-state index < -0.39 is 0 Å². The monoisotopic (exact) mass is 265 g/mol. The van der Waals surface area contributed by atoms with Crippen molar-refractivity contribution in [3.63, 3.8) is 0 Å². The van der Waals surface area contributed by atoms with Crippen LogP contribution in [0.3, 0.4) is 0 Å². The third kappa shape index (κ3) is 2.58. The zero-order valence-electron chi connectivity index (χ0n) is 10.6. The lowest BCUT2D eigenvalue weighted by Gasteiger charge is -2.40. The predicted molar refractivity (Wildman–Crippen MR) is 70.8 cm³/mol. The Bertz CT molecular complexity index is 486. The Labute approximate surface area is 112 Å². The molecule has 0 radical (unpaired) electrons. The van der Waals surface area contributed by atoms with Gasteiger partial charge in [-0.3, -0.25) is 0 Å². The van der Waals surface area contributed by atoms with E-state index in [1.165, 1.54) is 0 Å². The smallest absolute Gasteiger partial charge is 0.161 e. The number of halogens is 1. The molecule has 1 aromatic rings. The van der Waals surface area contributed by atoms with Gasteiger partial charge in [0, 0.05) is 13.1 Å². The minimum absolute atomic E-state index is 0.146. The van der Waals surface area contributed by atoms with Crippen LogP contribution in [0.1, 0.15) is 26.0 Å². The number of nitriles is 1. The second kappa shape index (κ2) is 5.13. The van der Waals surface area contributed by atoms with Crippen molar-refractivity contribution in [2.75, 3.05) is 24.6 Å². The number of ether oxygens (including phenoxy) is 1. The second-order valence-electron chi connectivity index (χ2n) is 4.69. The summed E-state index contributed by atoms with van der Waals surface area (Å²) in [5.74, 6) is 0.791. The minimum Gasteiger partial charge on any atom is -0.372 e. The number of hydrogen-bond donors (Lipinski definition) is 0. The van der Waals surface area contributed by atoms with Crippen LogP contribution in [-0.4, -0.2) is 30.3 Å². The molecule has 1 fully saturated rings. The van der Waals surface area contributed by atoms with Crippen LogP contribution in [0.25, 0.3) is 0 Å². The lowest BCUT2D eigenvalue weighted by atomic mass is 10.0. The molecule has 0 bridgehead atoms. The van der Waals surface area contributed by atoms with Gasteiger partial charge in [0.2, 0.25) is 0 Å². The summed E-state index contributed by atoms with van der Waals surface area (Å²) >= 11 is 5.89. The highest BCUT2D eigenvalue weighted by Gasteiger charge is 2.31. The molecule has 96 valence electrons. The molecular formula is C13H16ClN3O. The Kier molecular flexibility index (Phi) is 3.74. The van der Waals surface area contributed by atoms with E-state index in [4.69, 9.17) is 21.6 Å². The summed E-state index contributed by atoms with van der Waals surface area (Å²) in [4.78, 5) is 6.43. The lowest BCUT2D eigenvalue weighted by molar-refractivity contribution is -0.0443. The average Bonchev–Trinajstić information content (AvgIpc) is 2.39. The Hall–Kier alpha value is -1.31. The first-order chi connectivity index (χ1) is 8.58. The highest BCUT2D eigenvalue weighted by atomic mass is 35.5. The van der Waals surface area contributed by atoms with Crippen molar-refractivity contribution in [2.45, 2.75) is 25.9 Å². The maximum absolute atomic E-state index is 8.95. The van der Waals surface area contributed by atoms with Gasteiger partial charge in [0.15, 0.2) is 5.69 Å².